The molecule has 3 rings (SSSR count). The van der Waals surface area contributed by atoms with E-state index in [1.54, 1.807) is 18.6 Å². The second kappa shape index (κ2) is 7.75. The molecule has 128 valence electrons. The minimum atomic E-state index is -0.185. The van der Waals surface area contributed by atoms with E-state index in [9.17, 15) is 4.79 Å². The summed E-state index contributed by atoms with van der Waals surface area (Å²) in [5, 5.41) is 7.36. The summed E-state index contributed by atoms with van der Waals surface area (Å²) in [6.07, 6.45) is 5.63. The third-order valence-corrected chi connectivity index (χ3v) is 4.24. The van der Waals surface area contributed by atoms with Crippen molar-refractivity contribution in [3.05, 3.63) is 83.4 Å². The van der Waals surface area contributed by atoms with Gasteiger partial charge in [-0.25, -0.2) is 0 Å². The van der Waals surface area contributed by atoms with Gasteiger partial charge in [-0.05, 0) is 43.2 Å². The van der Waals surface area contributed by atoms with Gasteiger partial charge in [-0.15, -0.1) is 0 Å². The molecule has 3 aromatic rings. The highest BCUT2D eigenvalue weighted by molar-refractivity contribution is 5.77. The zero-order valence-corrected chi connectivity index (χ0v) is 14.5. The minimum Gasteiger partial charge on any atom is -0.345 e. The van der Waals surface area contributed by atoms with Crippen molar-refractivity contribution in [3.63, 3.8) is 0 Å². The number of hydrogen-bond acceptors (Lipinski definition) is 3. The van der Waals surface area contributed by atoms with Crippen LogP contribution in [0.3, 0.4) is 0 Å². The first kappa shape index (κ1) is 16.9. The standard InChI is InChI=1S/C20H22N4O/c1-15-3-5-17(6-4-15)20(18-8-11-21-12-9-18)23-19(25)10-14-24-16(2)7-13-22-24/h3-9,11-13,20H,10,14H2,1-2H3,(H,23,25). The van der Waals surface area contributed by atoms with E-state index < -0.39 is 0 Å². The van der Waals surface area contributed by atoms with Crippen LogP contribution in [0.1, 0.15) is 34.8 Å². The number of nitrogens with one attached hydrogen (secondary N) is 1. The number of pyridine rings is 1. The third-order valence-electron chi connectivity index (χ3n) is 4.24. The molecule has 2 heterocycles. The topological polar surface area (TPSA) is 59.8 Å². The molecule has 0 spiro atoms. The third kappa shape index (κ3) is 4.32. The molecule has 5 nitrogen and oxygen atoms in total. The monoisotopic (exact) mass is 334 g/mol. The molecule has 1 atom stereocenters. The first-order valence-electron chi connectivity index (χ1n) is 8.38. The van der Waals surface area contributed by atoms with E-state index in [0.717, 1.165) is 16.8 Å². The summed E-state index contributed by atoms with van der Waals surface area (Å²) in [5.74, 6) is -0.00251. The van der Waals surface area contributed by atoms with Crippen molar-refractivity contribution in [1.29, 1.82) is 0 Å². The normalized spacial score (nSPS) is 11.9. The van der Waals surface area contributed by atoms with E-state index in [1.165, 1.54) is 5.56 Å². The van der Waals surface area contributed by atoms with Crippen LogP contribution < -0.4 is 5.32 Å². The summed E-state index contributed by atoms with van der Waals surface area (Å²) >= 11 is 0. The lowest BCUT2D eigenvalue weighted by atomic mass is 9.98. The van der Waals surface area contributed by atoms with Crippen LogP contribution in [0.25, 0.3) is 0 Å². The zero-order chi connectivity index (χ0) is 17.6. The van der Waals surface area contributed by atoms with E-state index in [0.29, 0.717) is 13.0 Å². The van der Waals surface area contributed by atoms with Gasteiger partial charge in [0.25, 0.3) is 0 Å². The summed E-state index contributed by atoms with van der Waals surface area (Å²) in [6.45, 7) is 4.61. The highest BCUT2D eigenvalue weighted by Crippen LogP contribution is 2.22. The Hall–Kier alpha value is -2.95. The summed E-state index contributed by atoms with van der Waals surface area (Å²) in [4.78, 5) is 16.6. The van der Waals surface area contributed by atoms with Crippen molar-refractivity contribution in [3.8, 4) is 0 Å². The van der Waals surface area contributed by atoms with Crippen LogP contribution in [0.4, 0.5) is 0 Å². The smallest absolute Gasteiger partial charge is 0.222 e. The first-order chi connectivity index (χ1) is 12.1. The summed E-state index contributed by atoms with van der Waals surface area (Å²) in [5.41, 5.74) is 4.32. The number of hydrogen-bond donors (Lipinski definition) is 1. The zero-order valence-electron chi connectivity index (χ0n) is 14.5. The molecule has 0 fully saturated rings. The quantitative estimate of drug-likeness (QED) is 0.753. The summed E-state index contributed by atoms with van der Waals surface area (Å²) in [6, 6.07) is 13.8. The largest absolute Gasteiger partial charge is 0.345 e. The Morgan fingerprint density at radius 3 is 2.32 bits per heavy atom. The Labute approximate surface area is 147 Å². The second-order valence-corrected chi connectivity index (χ2v) is 6.14. The van der Waals surface area contributed by atoms with Gasteiger partial charge in [-0.3, -0.25) is 14.5 Å². The van der Waals surface area contributed by atoms with Gasteiger partial charge in [-0.2, -0.15) is 5.10 Å². The van der Waals surface area contributed by atoms with Crippen LogP contribution in [-0.2, 0) is 11.3 Å². The lowest BCUT2D eigenvalue weighted by Crippen LogP contribution is -2.30. The number of aryl methyl sites for hydroxylation is 3. The highest BCUT2D eigenvalue weighted by atomic mass is 16.1. The lowest BCUT2D eigenvalue weighted by molar-refractivity contribution is -0.121. The van der Waals surface area contributed by atoms with E-state index in [4.69, 9.17) is 0 Å². The summed E-state index contributed by atoms with van der Waals surface area (Å²) < 4.78 is 1.84. The average Bonchev–Trinajstić information content (AvgIpc) is 3.04. The number of amides is 1. The van der Waals surface area contributed by atoms with Gasteiger partial charge in [0.05, 0.1) is 6.04 Å². The number of carbonyl (C=O) groups excluding carboxylic acids is 1. The molecule has 0 saturated carbocycles. The van der Waals surface area contributed by atoms with Crippen molar-refractivity contribution in [2.75, 3.05) is 0 Å². The van der Waals surface area contributed by atoms with Gasteiger partial charge < -0.3 is 5.32 Å². The van der Waals surface area contributed by atoms with Crippen LogP contribution in [0.5, 0.6) is 0 Å². The molecule has 5 heteroatoms. The molecule has 0 aliphatic rings. The van der Waals surface area contributed by atoms with Crippen LogP contribution in [0.15, 0.2) is 61.1 Å². The fourth-order valence-corrected chi connectivity index (χ4v) is 2.75. The average molecular weight is 334 g/mol. The maximum Gasteiger partial charge on any atom is 0.222 e. The maximum atomic E-state index is 12.5. The highest BCUT2D eigenvalue weighted by Gasteiger charge is 2.17. The van der Waals surface area contributed by atoms with Gasteiger partial charge in [0, 0.05) is 37.3 Å². The number of rotatable bonds is 6. The van der Waals surface area contributed by atoms with E-state index in [-0.39, 0.29) is 11.9 Å². The number of aromatic nitrogens is 3. The lowest BCUT2D eigenvalue weighted by Gasteiger charge is -2.20. The van der Waals surface area contributed by atoms with Crippen LogP contribution in [-0.4, -0.2) is 20.7 Å². The molecular weight excluding hydrogens is 312 g/mol. The first-order valence-corrected chi connectivity index (χ1v) is 8.38. The van der Waals surface area contributed by atoms with Gasteiger partial charge in [0.2, 0.25) is 5.91 Å². The van der Waals surface area contributed by atoms with Crippen molar-refractivity contribution in [2.45, 2.75) is 32.9 Å². The molecule has 25 heavy (non-hydrogen) atoms. The molecule has 1 aromatic carbocycles. The fourth-order valence-electron chi connectivity index (χ4n) is 2.75. The van der Waals surface area contributed by atoms with Gasteiger partial charge in [-0.1, -0.05) is 29.8 Å². The molecule has 2 aromatic heterocycles. The summed E-state index contributed by atoms with van der Waals surface area (Å²) in [7, 11) is 0. The van der Waals surface area contributed by atoms with Gasteiger partial charge in [0.15, 0.2) is 0 Å². The van der Waals surface area contributed by atoms with E-state index in [2.05, 4.69) is 46.6 Å². The molecule has 1 amide bonds. The Bertz CT molecular complexity index is 824. The molecule has 0 aliphatic heterocycles. The molecule has 0 aliphatic carbocycles. The van der Waals surface area contributed by atoms with Crippen molar-refractivity contribution in [1.82, 2.24) is 20.1 Å². The van der Waals surface area contributed by atoms with E-state index in [1.807, 2.05) is 29.8 Å². The molecule has 1 unspecified atom stereocenters. The van der Waals surface area contributed by atoms with E-state index >= 15 is 0 Å². The SMILES string of the molecule is Cc1ccc(C(NC(=O)CCn2nccc2C)c2ccncc2)cc1. The van der Waals surface area contributed by atoms with Crippen molar-refractivity contribution in [2.24, 2.45) is 0 Å². The van der Waals surface area contributed by atoms with Crippen molar-refractivity contribution < 1.29 is 4.79 Å². The predicted molar refractivity (Wildman–Crippen MR) is 97.0 cm³/mol. The number of nitrogens with zero attached hydrogens (tertiary/aromatic N) is 3. The molecule has 0 radical (unpaired) electrons. The fraction of sp³-hybridized carbons (Fsp3) is 0.250. The van der Waals surface area contributed by atoms with Gasteiger partial charge in [0.1, 0.15) is 0 Å². The molecular formula is C20H22N4O. The van der Waals surface area contributed by atoms with Crippen molar-refractivity contribution >= 4 is 5.91 Å². The molecule has 1 N–H and O–H groups in total. The molecule has 0 saturated heterocycles. The number of benzene rings is 1. The van der Waals surface area contributed by atoms with Crippen LogP contribution in [0.2, 0.25) is 0 Å². The number of carbonyl (C=O) groups is 1. The molecule has 0 bridgehead atoms. The Morgan fingerprint density at radius 2 is 1.68 bits per heavy atom. The van der Waals surface area contributed by atoms with Crippen LogP contribution >= 0.6 is 0 Å². The minimum absolute atomic E-state index is 0.00251. The van der Waals surface area contributed by atoms with Crippen LogP contribution in [0, 0.1) is 13.8 Å². The Morgan fingerprint density at radius 1 is 1.00 bits per heavy atom. The maximum absolute atomic E-state index is 12.5. The second-order valence-electron chi connectivity index (χ2n) is 6.14. The Kier molecular flexibility index (Phi) is 5.23. The predicted octanol–water partition coefficient (Wildman–Crippen LogP) is 3.19. The Balaban J connectivity index is 1.74. The van der Waals surface area contributed by atoms with Gasteiger partial charge >= 0.3 is 0 Å².